The molecule has 4 bridgehead atoms. The highest BCUT2D eigenvalue weighted by Crippen LogP contribution is 2.58. The maximum absolute atomic E-state index is 13.3. The molecule has 3 N–H and O–H groups in total. The fraction of sp³-hybridized carbons (Fsp3) is 0.543. The molecule has 0 aromatic heterocycles. The van der Waals surface area contributed by atoms with Crippen molar-refractivity contribution in [2.45, 2.75) is 106 Å². The predicted octanol–water partition coefficient (Wildman–Crippen LogP) is 7.58. The number of hydrazine groups is 1. The van der Waals surface area contributed by atoms with Gasteiger partial charge in [-0.2, -0.15) is 0 Å². The average Bonchev–Trinajstić information content (AvgIpc) is 3.18. The Kier molecular flexibility index (Phi) is 17.1. The Labute approximate surface area is 260 Å². The molecule has 0 amide bonds. The number of rotatable bonds is 10. The maximum atomic E-state index is 13.3. The van der Waals surface area contributed by atoms with Crippen molar-refractivity contribution in [1.82, 2.24) is 16.2 Å². The van der Waals surface area contributed by atoms with Crippen LogP contribution in [0, 0.1) is 17.8 Å². The molecule has 0 saturated heterocycles. The van der Waals surface area contributed by atoms with Crippen LogP contribution in [-0.2, 0) is 0 Å². The van der Waals surface area contributed by atoms with Gasteiger partial charge in [-0.15, -0.1) is 12.3 Å². The van der Waals surface area contributed by atoms with E-state index in [-0.39, 0.29) is 12.5 Å². The second-order valence-electron chi connectivity index (χ2n) is 10.3. The van der Waals surface area contributed by atoms with E-state index in [4.69, 9.17) is 6.42 Å². The number of hydrogen-bond acceptors (Lipinski definition) is 6. The molecule has 1 saturated carbocycles. The number of fused-ring (bicyclic) bond motifs is 3. The minimum Gasteiger partial charge on any atom is -0.384 e. The van der Waals surface area contributed by atoms with E-state index in [0.29, 0.717) is 35.6 Å². The van der Waals surface area contributed by atoms with Crippen LogP contribution in [0.4, 0.5) is 4.39 Å². The van der Waals surface area contributed by atoms with Gasteiger partial charge in [0.2, 0.25) is 0 Å². The molecule has 2 heterocycles. The second kappa shape index (κ2) is 19.6. The van der Waals surface area contributed by atoms with Gasteiger partial charge in [-0.1, -0.05) is 70.6 Å². The molecule has 2 atom stereocenters. The van der Waals surface area contributed by atoms with Crippen molar-refractivity contribution >= 4 is 23.6 Å². The van der Waals surface area contributed by atoms with Gasteiger partial charge < -0.3 is 10.7 Å². The molecule has 236 valence electrons. The van der Waals surface area contributed by atoms with Crippen LogP contribution < -0.4 is 16.2 Å². The molecule has 5 aliphatic rings. The Balaban J connectivity index is 0.000000477. The maximum Gasteiger partial charge on any atom is 0.161 e. The van der Waals surface area contributed by atoms with Gasteiger partial charge in [-0.25, -0.2) is 19.8 Å². The number of allylic oxidation sites excluding steroid dienone is 3. The topological polar surface area (TPSA) is 85.5 Å². The Morgan fingerprint density at radius 2 is 2.00 bits per heavy atom. The average molecular weight is 592 g/mol. The van der Waals surface area contributed by atoms with Gasteiger partial charge in [0.25, 0.3) is 0 Å². The van der Waals surface area contributed by atoms with Crippen LogP contribution in [0.2, 0.25) is 0 Å². The number of nitrogens with one attached hydrogen (secondary N) is 3. The first-order valence-corrected chi connectivity index (χ1v) is 15.6. The van der Waals surface area contributed by atoms with E-state index < -0.39 is 6.17 Å². The summed E-state index contributed by atoms with van der Waals surface area (Å²) in [6.45, 7) is 22.7. The zero-order valence-corrected chi connectivity index (χ0v) is 27.8. The summed E-state index contributed by atoms with van der Waals surface area (Å²) in [7, 11) is 1.69. The lowest BCUT2D eigenvalue weighted by atomic mass is 9.54. The molecule has 2 aliphatic heterocycles. The number of alkyl halides is 1. The smallest absolute Gasteiger partial charge is 0.161 e. The van der Waals surface area contributed by atoms with Crippen LogP contribution in [0.3, 0.4) is 0 Å². The summed E-state index contributed by atoms with van der Waals surface area (Å²) in [5.74, 6) is 3.07. The van der Waals surface area contributed by atoms with E-state index in [0.717, 1.165) is 11.4 Å². The van der Waals surface area contributed by atoms with Crippen molar-refractivity contribution in [2.75, 3.05) is 13.6 Å². The molecule has 2 unspecified atom stereocenters. The van der Waals surface area contributed by atoms with Crippen molar-refractivity contribution in [3.05, 3.63) is 59.6 Å². The SMILES string of the molecule is C#CCC(=N/C=C\CCNC(=C)C1=NC=NC2=CC1NNC2=NC)C(C)F.C=C(C)C12CCC(CC)=C(C1)C2.CC.CC. The van der Waals surface area contributed by atoms with Gasteiger partial charge in [0, 0.05) is 19.8 Å². The van der Waals surface area contributed by atoms with Crippen LogP contribution in [0.25, 0.3) is 0 Å². The lowest BCUT2D eigenvalue weighted by Gasteiger charge is -2.50. The largest absolute Gasteiger partial charge is 0.384 e. The molecule has 0 aromatic rings. The minimum absolute atomic E-state index is 0.162. The molecular formula is C35H54FN7. The van der Waals surface area contributed by atoms with Crippen LogP contribution >= 0.6 is 0 Å². The molecule has 0 aromatic carbocycles. The zero-order chi connectivity index (χ0) is 32.4. The van der Waals surface area contributed by atoms with E-state index in [1.165, 1.54) is 50.9 Å². The first-order chi connectivity index (χ1) is 20.7. The standard InChI is InChI=1S/C19H24FN7.C12H18.2C2H6/c1-5-8-15(13(2)20)23-10-7-6-9-22-14(3)18-16-11-17(24-12-25-18)19(21-4)27-26-16;1-4-10-5-6-12(9(2)3)7-11(10)8-12;2*1-2/h1,7,10-13,16,22,26H,3,6,8-9H2,2,4H3,(H,21,27);2,4-8H2,1,3H3;2*1-2H3/b10-7-,23-15?;;;. The first kappa shape index (κ1) is 37.5. The van der Waals surface area contributed by atoms with Gasteiger partial charge in [0.15, 0.2) is 5.84 Å². The summed E-state index contributed by atoms with van der Waals surface area (Å²) in [5, 5.41) is 3.22. The minimum atomic E-state index is -1.15. The van der Waals surface area contributed by atoms with Gasteiger partial charge >= 0.3 is 0 Å². The second-order valence-corrected chi connectivity index (χ2v) is 10.3. The third-order valence-electron chi connectivity index (χ3n) is 7.71. The van der Waals surface area contributed by atoms with E-state index in [1.807, 2.05) is 39.8 Å². The summed E-state index contributed by atoms with van der Waals surface area (Å²) in [6, 6.07) is -0.162. The summed E-state index contributed by atoms with van der Waals surface area (Å²) >= 11 is 0. The Morgan fingerprint density at radius 1 is 1.30 bits per heavy atom. The van der Waals surface area contributed by atoms with Crippen molar-refractivity contribution in [2.24, 2.45) is 25.4 Å². The molecule has 3 aliphatic carbocycles. The predicted molar refractivity (Wildman–Crippen MR) is 186 cm³/mol. The van der Waals surface area contributed by atoms with Crippen LogP contribution in [0.1, 0.15) is 93.4 Å². The third kappa shape index (κ3) is 10.6. The van der Waals surface area contributed by atoms with Crippen LogP contribution in [-0.4, -0.2) is 49.4 Å². The third-order valence-corrected chi connectivity index (χ3v) is 7.71. The summed E-state index contributed by atoms with van der Waals surface area (Å²) in [4.78, 5) is 16.8. The summed E-state index contributed by atoms with van der Waals surface area (Å²) in [6.07, 6.45) is 18.5. The van der Waals surface area contributed by atoms with Gasteiger partial charge in [0.05, 0.1) is 29.6 Å². The lowest BCUT2D eigenvalue weighted by molar-refractivity contribution is 0.216. The van der Waals surface area contributed by atoms with Gasteiger partial charge in [-0.05, 0) is 63.9 Å². The number of nitrogens with zero attached hydrogens (tertiary/aromatic N) is 4. The number of hydrogen-bond donors (Lipinski definition) is 3. The molecule has 5 rings (SSSR count). The number of halogens is 1. The highest BCUT2D eigenvalue weighted by molar-refractivity contribution is 6.11. The Bertz CT molecular complexity index is 1200. The normalized spacial score (nSPS) is 21.0. The van der Waals surface area contributed by atoms with E-state index in [9.17, 15) is 4.39 Å². The Morgan fingerprint density at radius 3 is 2.53 bits per heavy atom. The van der Waals surface area contributed by atoms with Crippen molar-refractivity contribution < 1.29 is 4.39 Å². The molecule has 8 heteroatoms. The highest BCUT2D eigenvalue weighted by atomic mass is 19.1. The molecule has 1 fully saturated rings. The molecule has 0 spiro atoms. The molecule has 7 nitrogen and oxygen atoms in total. The number of aliphatic imine (C=N–C) groups is 4. The molecule has 43 heavy (non-hydrogen) atoms. The van der Waals surface area contributed by atoms with E-state index >= 15 is 0 Å². The van der Waals surface area contributed by atoms with Gasteiger partial charge in [-0.3, -0.25) is 9.98 Å². The fourth-order valence-electron chi connectivity index (χ4n) is 5.12. The highest BCUT2D eigenvalue weighted by Gasteiger charge is 2.44. The monoisotopic (exact) mass is 591 g/mol. The van der Waals surface area contributed by atoms with E-state index in [2.05, 4.69) is 69.1 Å². The number of terminal acetylenes is 1. The molecule has 0 radical (unpaired) electrons. The zero-order valence-electron chi connectivity index (χ0n) is 27.8. The Hall–Kier alpha value is -3.57. The van der Waals surface area contributed by atoms with E-state index in [1.54, 1.807) is 24.4 Å². The van der Waals surface area contributed by atoms with Crippen molar-refractivity contribution in [3.63, 3.8) is 0 Å². The van der Waals surface area contributed by atoms with Crippen LogP contribution in [0.15, 0.2) is 79.6 Å². The molecular weight excluding hydrogens is 537 g/mol. The summed E-state index contributed by atoms with van der Waals surface area (Å²) < 4.78 is 13.3. The number of amidine groups is 1. The van der Waals surface area contributed by atoms with Crippen molar-refractivity contribution in [1.29, 1.82) is 0 Å². The fourth-order valence-corrected chi connectivity index (χ4v) is 5.12. The van der Waals surface area contributed by atoms with Gasteiger partial charge in [0.1, 0.15) is 18.2 Å². The summed E-state index contributed by atoms with van der Waals surface area (Å²) in [5.41, 5.74) is 14.1. The van der Waals surface area contributed by atoms with Crippen LogP contribution in [0.5, 0.6) is 0 Å². The lowest BCUT2D eigenvalue weighted by Crippen LogP contribution is -2.52. The van der Waals surface area contributed by atoms with Crippen molar-refractivity contribution in [3.8, 4) is 12.3 Å². The quantitative estimate of drug-likeness (QED) is 0.106. The first-order valence-electron chi connectivity index (χ1n) is 15.6.